The number of ether oxygens (including phenoxy) is 1. The van der Waals surface area contributed by atoms with Gasteiger partial charge in [-0.3, -0.25) is 14.8 Å². The van der Waals surface area contributed by atoms with E-state index in [0.29, 0.717) is 29.1 Å². The standard InChI is InChI=1S/C21H19BrF5N5O4/c1-11-31(9-15-8-29-14(6-28-2)7-30-15)18(33)17(22)19(32(11)36-20(34)21(25,26)27)35-10-12-3-4-13(23)5-16(12)24/h3-5,7-8,11,28H,6,9-10H2,1-2H3. The van der Waals surface area contributed by atoms with Gasteiger partial charge in [-0.1, -0.05) is 0 Å². The van der Waals surface area contributed by atoms with Crippen LogP contribution < -0.4 is 5.32 Å². The van der Waals surface area contributed by atoms with Gasteiger partial charge in [-0.2, -0.15) is 13.2 Å². The second-order valence-corrected chi connectivity index (χ2v) is 8.23. The number of hydrogen-bond donors (Lipinski definition) is 1. The minimum Gasteiger partial charge on any atom is -0.471 e. The minimum absolute atomic E-state index is 0.161. The molecule has 0 fully saturated rings. The molecule has 1 amide bonds. The van der Waals surface area contributed by atoms with E-state index in [9.17, 15) is 31.5 Å². The van der Waals surface area contributed by atoms with Gasteiger partial charge in [0.1, 0.15) is 28.9 Å². The Hall–Kier alpha value is -3.33. The Balaban J connectivity index is 1.91. The minimum atomic E-state index is -5.36. The number of carbonyl (C=O) groups is 2. The van der Waals surface area contributed by atoms with Crippen LogP contribution in [0.2, 0.25) is 0 Å². The average molecular weight is 580 g/mol. The third-order valence-electron chi connectivity index (χ3n) is 4.87. The van der Waals surface area contributed by atoms with Crippen LogP contribution in [0, 0.1) is 11.6 Å². The summed E-state index contributed by atoms with van der Waals surface area (Å²) in [5, 5.41) is 3.33. The lowest BCUT2D eigenvalue weighted by molar-refractivity contribution is -0.258. The smallest absolute Gasteiger partial charge is 0.471 e. The third kappa shape index (κ3) is 6.26. The highest BCUT2D eigenvalue weighted by Gasteiger charge is 2.47. The van der Waals surface area contributed by atoms with Crippen LogP contribution in [0.25, 0.3) is 0 Å². The number of nitrogens with one attached hydrogen (secondary N) is 1. The maximum absolute atomic E-state index is 14.0. The Kier molecular flexibility index (Phi) is 8.45. The van der Waals surface area contributed by atoms with Crippen LogP contribution in [0.3, 0.4) is 0 Å². The Morgan fingerprint density at radius 1 is 1.19 bits per heavy atom. The van der Waals surface area contributed by atoms with Gasteiger partial charge in [-0.25, -0.2) is 13.6 Å². The van der Waals surface area contributed by atoms with Gasteiger partial charge in [0.05, 0.1) is 30.3 Å². The summed E-state index contributed by atoms with van der Waals surface area (Å²) in [4.78, 5) is 38.6. The lowest BCUT2D eigenvalue weighted by atomic mass is 10.2. The van der Waals surface area contributed by atoms with Crippen LogP contribution >= 0.6 is 15.9 Å². The van der Waals surface area contributed by atoms with Crippen molar-refractivity contribution in [3.8, 4) is 0 Å². The summed E-state index contributed by atoms with van der Waals surface area (Å²) in [6.45, 7) is 0.902. The van der Waals surface area contributed by atoms with Gasteiger partial charge in [-0.05, 0) is 42.0 Å². The van der Waals surface area contributed by atoms with Crippen molar-refractivity contribution in [2.45, 2.75) is 39.0 Å². The van der Waals surface area contributed by atoms with Crippen molar-refractivity contribution in [1.82, 2.24) is 25.2 Å². The lowest BCUT2D eigenvalue weighted by Crippen LogP contribution is -2.54. The normalized spacial score (nSPS) is 16.4. The van der Waals surface area contributed by atoms with Gasteiger partial charge in [0.25, 0.3) is 5.91 Å². The molecule has 1 N–H and O–H groups in total. The number of benzene rings is 1. The second-order valence-electron chi connectivity index (χ2n) is 7.44. The molecule has 1 aromatic heterocycles. The molecule has 0 saturated heterocycles. The first-order valence-corrected chi connectivity index (χ1v) is 11.0. The summed E-state index contributed by atoms with van der Waals surface area (Å²) in [6, 6.07) is 2.59. The summed E-state index contributed by atoms with van der Waals surface area (Å²) in [5.41, 5.74) is 0.755. The van der Waals surface area contributed by atoms with Crippen molar-refractivity contribution in [2.75, 3.05) is 7.05 Å². The molecule has 0 radical (unpaired) electrons. The van der Waals surface area contributed by atoms with Gasteiger partial charge in [0.15, 0.2) is 0 Å². The SMILES string of the molecule is CNCc1cnc(CN2C(=O)C(Br)=C(OCc3ccc(F)cc3F)N(OC(=O)C(F)(F)F)C2C)cn1. The van der Waals surface area contributed by atoms with Crippen LogP contribution in [0.1, 0.15) is 23.9 Å². The monoisotopic (exact) mass is 579 g/mol. The van der Waals surface area contributed by atoms with E-state index in [1.54, 1.807) is 7.05 Å². The highest BCUT2D eigenvalue weighted by atomic mass is 79.9. The van der Waals surface area contributed by atoms with E-state index < -0.39 is 52.8 Å². The maximum atomic E-state index is 14.0. The first kappa shape index (κ1) is 27.3. The van der Waals surface area contributed by atoms with E-state index >= 15 is 0 Å². The Morgan fingerprint density at radius 2 is 1.86 bits per heavy atom. The number of nitrogens with zero attached hydrogens (tertiary/aromatic N) is 4. The molecule has 1 aromatic carbocycles. The molecule has 36 heavy (non-hydrogen) atoms. The summed E-state index contributed by atoms with van der Waals surface area (Å²) in [6.07, 6.45) is -3.82. The van der Waals surface area contributed by atoms with Crippen molar-refractivity contribution >= 4 is 27.8 Å². The molecule has 0 aliphatic carbocycles. The molecule has 1 aliphatic heterocycles. The zero-order valence-electron chi connectivity index (χ0n) is 18.8. The molecule has 1 atom stereocenters. The molecule has 0 spiro atoms. The van der Waals surface area contributed by atoms with Crippen LogP contribution in [0.15, 0.2) is 41.0 Å². The quantitative estimate of drug-likeness (QED) is 0.476. The molecule has 2 aromatic rings. The maximum Gasteiger partial charge on any atom is 0.493 e. The van der Waals surface area contributed by atoms with Crippen molar-refractivity contribution in [3.63, 3.8) is 0 Å². The first-order chi connectivity index (χ1) is 16.9. The highest BCUT2D eigenvalue weighted by Crippen LogP contribution is 2.33. The molecule has 194 valence electrons. The largest absolute Gasteiger partial charge is 0.493 e. The van der Waals surface area contributed by atoms with Crippen LogP contribution in [0.5, 0.6) is 0 Å². The van der Waals surface area contributed by atoms with E-state index in [0.717, 1.165) is 17.0 Å². The Bertz CT molecular complexity index is 1160. The van der Waals surface area contributed by atoms with Gasteiger partial charge < -0.3 is 19.8 Å². The number of hydrogen-bond acceptors (Lipinski definition) is 8. The molecule has 0 saturated carbocycles. The molecule has 1 aliphatic rings. The fraction of sp³-hybridized carbons (Fsp3) is 0.333. The number of rotatable bonds is 8. The fourth-order valence-corrected chi connectivity index (χ4v) is 3.58. The number of aromatic nitrogens is 2. The molecule has 0 bridgehead atoms. The number of alkyl halides is 3. The van der Waals surface area contributed by atoms with Crippen LogP contribution in [0.4, 0.5) is 22.0 Å². The van der Waals surface area contributed by atoms with Crippen LogP contribution in [-0.2, 0) is 38.9 Å². The van der Waals surface area contributed by atoms with Gasteiger partial charge in [0, 0.05) is 18.2 Å². The predicted molar refractivity (Wildman–Crippen MR) is 116 cm³/mol. The topological polar surface area (TPSA) is 96.9 Å². The molecule has 2 heterocycles. The van der Waals surface area contributed by atoms with Crippen molar-refractivity contribution < 1.29 is 41.1 Å². The summed E-state index contributed by atoms with van der Waals surface area (Å²) >= 11 is 2.97. The lowest BCUT2D eigenvalue weighted by Gasteiger charge is -2.41. The van der Waals surface area contributed by atoms with Gasteiger partial charge in [0.2, 0.25) is 5.88 Å². The van der Waals surface area contributed by atoms with E-state index in [4.69, 9.17) is 4.74 Å². The second kappa shape index (κ2) is 11.2. The summed E-state index contributed by atoms with van der Waals surface area (Å²) in [5.74, 6) is -5.76. The summed E-state index contributed by atoms with van der Waals surface area (Å²) in [7, 11) is 1.72. The van der Waals surface area contributed by atoms with Gasteiger partial charge in [-0.15, -0.1) is 5.06 Å². The first-order valence-electron chi connectivity index (χ1n) is 10.2. The van der Waals surface area contributed by atoms with Crippen molar-refractivity contribution in [3.05, 3.63) is 69.5 Å². The molecule has 3 rings (SSSR count). The number of halogens is 6. The molecular formula is C21H19BrF5N5O4. The zero-order chi connectivity index (χ0) is 26.6. The fourth-order valence-electron chi connectivity index (χ4n) is 3.06. The van der Waals surface area contributed by atoms with Crippen molar-refractivity contribution in [2.24, 2.45) is 0 Å². The predicted octanol–water partition coefficient (Wildman–Crippen LogP) is 3.27. The van der Waals surface area contributed by atoms with Crippen molar-refractivity contribution in [1.29, 1.82) is 0 Å². The van der Waals surface area contributed by atoms with E-state index in [1.807, 2.05) is 0 Å². The number of carbonyl (C=O) groups excluding carboxylic acids is 2. The van der Waals surface area contributed by atoms with E-state index in [-0.39, 0.29) is 12.1 Å². The zero-order valence-corrected chi connectivity index (χ0v) is 20.4. The highest BCUT2D eigenvalue weighted by molar-refractivity contribution is 9.12. The Morgan fingerprint density at radius 3 is 2.44 bits per heavy atom. The molecule has 1 unspecified atom stereocenters. The molecular weight excluding hydrogens is 561 g/mol. The molecule has 15 heteroatoms. The molecule has 9 nitrogen and oxygen atoms in total. The Labute approximate surface area is 210 Å². The summed E-state index contributed by atoms with van der Waals surface area (Å²) < 4.78 is 71.0. The average Bonchev–Trinajstić information content (AvgIpc) is 2.81. The van der Waals surface area contributed by atoms with E-state index in [1.165, 1.54) is 19.3 Å². The van der Waals surface area contributed by atoms with E-state index in [2.05, 4.69) is 36.1 Å². The third-order valence-corrected chi connectivity index (χ3v) is 5.55. The number of amides is 1. The van der Waals surface area contributed by atoms with Crippen LogP contribution in [-0.4, -0.2) is 51.2 Å². The number of hydroxylamine groups is 2. The van der Waals surface area contributed by atoms with Gasteiger partial charge >= 0.3 is 12.1 Å².